The zero-order valence-electron chi connectivity index (χ0n) is 25.0. The van der Waals surface area contributed by atoms with Gasteiger partial charge in [-0.05, 0) is 68.8 Å². The molecule has 1 saturated heterocycles. The van der Waals surface area contributed by atoms with Crippen molar-refractivity contribution in [3.63, 3.8) is 0 Å². The molecule has 0 spiro atoms. The van der Waals surface area contributed by atoms with E-state index in [9.17, 15) is 23.1 Å². The Morgan fingerprint density at radius 3 is 2.43 bits per heavy atom. The summed E-state index contributed by atoms with van der Waals surface area (Å²) in [6, 6.07) is 10.8. The topological polar surface area (TPSA) is 93.6 Å². The number of amides is 1. The van der Waals surface area contributed by atoms with Gasteiger partial charge in [-0.3, -0.25) is 9.78 Å². The van der Waals surface area contributed by atoms with Crippen LogP contribution in [0.4, 0.5) is 17.6 Å². The van der Waals surface area contributed by atoms with Gasteiger partial charge in [0, 0.05) is 45.9 Å². The third kappa shape index (κ3) is 5.61. The number of aliphatic hydroxyl groups is 1. The van der Waals surface area contributed by atoms with Gasteiger partial charge in [0.15, 0.2) is 5.82 Å². The molecule has 11 heteroatoms. The number of rotatable bonds is 8. The number of alkyl halides is 2. The molecule has 3 heterocycles. The van der Waals surface area contributed by atoms with Gasteiger partial charge in [0.2, 0.25) is 0 Å². The molecule has 1 amide bonds. The van der Waals surface area contributed by atoms with Crippen molar-refractivity contribution in [1.82, 2.24) is 15.3 Å². The number of nitrogens with one attached hydrogen (secondary N) is 1. The third-order valence-corrected chi connectivity index (χ3v) is 8.32. The van der Waals surface area contributed by atoms with Crippen LogP contribution in [0, 0.1) is 17.0 Å². The molecule has 1 aliphatic heterocycles. The fourth-order valence-corrected chi connectivity index (χ4v) is 5.61. The van der Waals surface area contributed by atoms with Gasteiger partial charge in [0.05, 0.1) is 24.9 Å². The summed E-state index contributed by atoms with van der Waals surface area (Å²) in [5, 5.41) is 14.1. The Bertz CT molecular complexity index is 1720. The van der Waals surface area contributed by atoms with Crippen LogP contribution in [0.15, 0.2) is 54.7 Å². The standard InChI is InChI=1S/C33H33F4N3O4/c1-31(2)10-11-44-33(31,25-15-23(32(3,4)42)26(35)28(40-25)18-6-8-22(34)9-7-18)17-39-30(41)20-12-19-13-21(29(36)37)16-38-27(19)24(14-20)43-5/h6-9,12-16,29,42H,10-11,17H2,1-5H3,(H,39,41)/t33-/m0/s1. The molecule has 44 heavy (non-hydrogen) atoms. The quantitative estimate of drug-likeness (QED) is 0.213. The summed E-state index contributed by atoms with van der Waals surface area (Å²) in [6.45, 7) is 6.99. The average molecular weight is 612 g/mol. The summed E-state index contributed by atoms with van der Waals surface area (Å²) in [5.74, 6) is -1.57. The maximum absolute atomic E-state index is 15.9. The van der Waals surface area contributed by atoms with E-state index in [1.165, 1.54) is 69.5 Å². The lowest BCUT2D eigenvalue weighted by atomic mass is 9.71. The Kier molecular flexibility index (Phi) is 8.15. The molecule has 1 aliphatic rings. The van der Waals surface area contributed by atoms with Crippen LogP contribution in [0.1, 0.15) is 67.7 Å². The number of carbonyl (C=O) groups is 1. The van der Waals surface area contributed by atoms with E-state index in [0.29, 0.717) is 29.5 Å². The smallest absolute Gasteiger partial charge is 0.265 e. The van der Waals surface area contributed by atoms with E-state index in [1.54, 1.807) is 0 Å². The fraction of sp³-hybridized carbons (Fsp3) is 0.364. The van der Waals surface area contributed by atoms with E-state index in [0.717, 1.165) is 6.20 Å². The van der Waals surface area contributed by atoms with Gasteiger partial charge in [-0.1, -0.05) is 13.8 Å². The van der Waals surface area contributed by atoms with Crippen LogP contribution in [0.25, 0.3) is 22.2 Å². The van der Waals surface area contributed by atoms with E-state index in [-0.39, 0.29) is 40.4 Å². The molecule has 2 aromatic carbocycles. The van der Waals surface area contributed by atoms with Crippen molar-refractivity contribution in [2.24, 2.45) is 5.41 Å². The first-order valence-corrected chi connectivity index (χ1v) is 14.0. The number of fused-ring (bicyclic) bond motifs is 1. The molecule has 7 nitrogen and oxygen atoms in total. The highest BCUT2D eigenvalue weighted by atomic mass is 19.3. The van der Waals surface area contributed by atoms with Gasteiger partial charge in [-0.15, -0.1) is 0 Å². The van der Waals surface area contributed by atoms with Gasteiger partial charge < -0.3 is 19.9 Å². The second-order valence-electron chi connectivity index (χ2n) is 12.1. The molecule has 2 N–H and O–H groups in total. The number of aromatic nitrogens is 2. The highest BCUT2D eigenvalue weighted by Gasteiger charge is 2.53. The Morgan fingerprint density at radius 2 is 1.84 bits per heavy atom. The van der Waals surface area contributed by atoms with Crippen LogP contribution < -0.4 is 10.1 Å². The lowest BCUT2D eigenvalue weighted by molar-refractivity contribution is -0.0576. The van der Waals surface area contributed by atoms with Crippen LogP contribution in [0.5, 0.6) is 5.75 Å². The molecule has 5 rings (SSSR count). The van der Waals surface area contributed by atoms with Crippen LogP contribution >= 0.6 is 0 Å². The summed E-state index contributed by atoms with van der Waals surface area (Å²) in [6.07, 6.45) is -1.10. The monoisotopic (exact) mass is 611 g/mol. The van der Waals surface area contributed by atoms with Crippen LogP contribution in [0.3, 0.4) is 0 Å². The van der Waals surface area contributed by atoms with Crippen LogP contribution in [-0.2, 0) is 15.9 Å². The first-order valence-electron chi connectivity index (χ1n) is 14.0. The lowest BCUT2D eigenvalue weighted by Gasteiger charge is -2.40. The average Bonchev–Trinajstić information content (AvgIpc) is 3.28. The van der Waals surface area contributed by atoms with Crippen molar-refractivity contribution in [2.45, 2.75) is 51.7 Å². The SMILES string of the molecule is COc1cc(C(=O)NC[C@@]2(c3cc(C(C)(C)O)c(F)c(-c4ccc(F)cc4)n3)OCCC2(C)C)cc2cc(C(F)F)cnc12. The number of carbonyl (C=O) groups excluding carboxylic acids is 1. The van der Waals surface area contributed by atoms with Crippen molar-refractivity contribution >= 4 is 16.8 Å². The Morgan fingerprint density at radius 1 is 1.14 bits per heavy atom. The van der Waals surface area contributed by atoms with Gasteiger partial charge in [0.25, 0.3) is 12.3 Å². The summed E-state index contributed by atoms with van der Waals surface area (Å²) in [4.78, 5) is 22.3. The third-order valence-electron chi connectivity index (χ3n) is 8.32. The predicted octanol–water partition coefficient (Wildman–Crippen LogP) is 6.82. The molecule has 0 aliphatic carbocycles. The lowest BCUT2D eigenvalue weighted by Crippen LogP contribution is -2.49. The summed E-state index contributed by atoms with van der Waals surface area (Å²) < 4.78 is 68.0. The number of halogens is 4. The highest BCUT2D eigenvalue weighted by molar-refractivity contribution is 6.00. The molecule has 0 radical (unpaired) electrons. The number of ether oxygens (including phenoxy) is 2. The molecule has 1 atom stereocenters. The second-order valence-corrected chi connectivity index (χ2v) is 12.1. The van der Waals surface area contributed by atoms with Gasteiger partial charge >= 0.3 is 0 Å². The van der Waals surface area contributed by atoms with Crippen molar-refractivity contribution in [1.29, 1.82) is 0 Å². The summed E-state index contributed by atoms with van der Waals surface area (Å²) >= 11 is 0. The van der Waals surface area contributed by atoms with E-state index >= 15 is 4.39 Å². The second kappa shape index (κ2) is 11.4. The van der Waals surface area contributed by atoms with E-state index < -0.39 is 40.6 Å². The normalized spacial score (nSPS) is 18.2. The molecule has 232 valence electrons. The molecular weight excluding hydrogens is 578 g/mol. The first kappa shape index (κ1) is 31.3. The zero-order valence-corrected chi connectivity index (χ0v) is 25.0. The van der Waals surface area contributed by atoms with Crippen molar-refractivity contribution in [3.05, 3.63) is 88.7 Å². The first-order chi connectivity index (χ1) is 20.7. The number of methoxy groups -OCH3 is 1. The highest BCUT2D eigenvalue weighted by Crippen LogP contribution is 2.50. The van der Waals surface area contributed by atoms with Crippen molar-refractivity contribution in [3.8, 4) is 17.0 Å². The van der Waals surface area contributed by atoms with Gasteiger partial charge in [-0.25, -0.2) is 22.5 Å². The minimum Gasteiger partial charge on any atom is -0.494 e. The summed E-state index contributed by atoms with van der Waals surface area (Å²) in [5.41, 5.74) is -2.89. The molecule has 0 unspecified atom stereocenters. The van der Waals surface area contributed by atoms with Crippen LogP contribution in [-0.4, -0.2) is 41.2 Å². The number of hydrogen-bond donors (Lipinski definition) is 2. The molecule has 2 aromatic heterocycles. The largest absolute Gasteiger partial charge is 0.494 e. The zero-order chi connectivity index (χ0) is 32.0. The minimum absolute atomic E-state index is 0.0413. The van der Waals surface area contributed by atoms with E-state index in [1.807, 2.05) is 13.8 Å². The molecular formula is C33H33F4N3O4. The van der Waals surface area contributed by atoms with Gasteiger partial charge in [-0.2, -0.15) is 0 Å². The number of hydrogen-bond acceptors (Lipinski definition) is 6. The van der Waals surface area contributed by atoms with Gasteiger partial charge in [0.1, 0.15) is 28.4 Å². The summed E-state index contributed by atoms with van der Waals surface area (Å²) in [7, 11) is 1.39. The fourth-order valence-electron chi connectivity index (χ4n) is 5.61. The number of pyridine rings is 2. The Labute approximate surface area is 252 Å². The number of nitrogens with zero attached hydrogens (tertiary/aromatic N) is 2. The molecule has 1 fully saturated rings. The predicted molar refractivity (Wildman–Crippen MR) is 156 cm³/mol. The van der Waals surface area contributed by atoms with E-state index in [2.05, 4.69) is 15.3 Å². The van der Waals surface area contributed by atoms with Crippen molar-refractivity contribution < 1.29 is 36.9 Å². The van der Waals surface area contributed by atoms with E-state index in [4.69, 9.17) is 9.47 Å². The Balaban J connectivity index is 1.58. The number of benzene rings is 2. The van der Waals surface area contributed by atoms with Crippen LogP contribution in [0.2, 0.25) is 0 Å². The maximum atomic E-state index is 15.9. The molecule has 4 aromatic rings. The minimum atomic E-state index is -2.74. The maximum Gasteiger partial charge on any atom is 0.265 e. The Hall–Kier alpha value is -4.09. The molecule has 0 bridgehead atoms. The molecule has 0 saturated carbocycles. The van der Waals surface area contributed by atoms with Crippen molar-refractivity contribution in [2.75, 3.05) is 20.3 Å².